The summed E-state index contributed by atoms with van der Waals surface area (Å²) in [5, 5.41) is 10.3. The summed E-state index contributed by atoms with van der Waals surface area (Å²) in [6, 6.07) is 8.05. The number of carbonyl (C=O) groups excluding carboxylic acids is 1. The molecule has 0 bridgehead atoms. The molecule has 3 rings (SSSR count). The minimum atomic E-state index is -0.758. The molecule has 1 amide bonds. The van der Waals surface area contributed by atoms with E-state index in [4.69, 9.17) is 5.11 Å². The lowest BCUT2D eigenvalue weighted by Crippen LogP contribution is -2.36. The van der Waals surface area contributed by atoms with Crippen molar-refractivity contribution >= 4 is 23.8 Å². The van der Waals surface area contributed by atoms with Gasteiger partial charge in [0.25, 0.3) is 0 Å². The Morgan fingerprint density at radius 1 is 1.36 bits per heavy atom. The standard InChI is InChI=1S/C20H23FN4O3/c1-14-2-3-18(11-22-14)23-25(13-26)19-9-15(8-17(21)10-19)12-24-6-4-16(5-7-24)20(27)28/h2-3,8-11,13,16,23H,4-7,12H2,1H3,(H,27,28). The number of benzene rings is 1. The lowest BCUT2D eigenvalue weighted by molar-refractivity contribution is -0.143. The van der Waals surface area contributed by atoms with Gasteiger partial charge in [-0.3, -0.25) is 24.9 Å². The van der Waals surface area contributed by atoms with Crippen LogP contribution < -0.4 is 10.4 Å². The number of hydrogen-bond donors (Lipinski definition) is 2. The summed E-state index contributed by atoms with van der Waals surface area (Å²) >= 11 is 0. The van der Waals surface area contributed by atoms with Gasteiger partial charge in [-0.15, -0.1) is 0 Å². The Balaban J connectivity index is 1.70. The number of carbonyl (C=O) groups is 2. The number of aliphatic carboxylic acids is 1. The second-order valence-electron chi connectivity index (χ2n) is 6.98. The first-order valence-corrected chi connectivity index (χ1v) is 9.13. The van der Waals surface area contributed by atoms with E-state index >= 15 is 0 Å². The van der Waals surface area contributed by atoms with E-state index in [0.29, 0.717) is 50.3 Å². The maximum atomic E-state index is 14.2. The molecule has 1 fully saturated rings. The average Bonchev–Trinajstić information content (AvgIpc) is 2.67. The second kappa shape index (κ2) is 8.79. The number of carboxylic acid groups (broad SMARTS) is 1. The van der Waals surface area contributed by atoms with Crippen LogP contribution in [0.15, 0.2) is 36.5 Å². The van der Waals surface area contributed by atoms with Crippen LogP contribution in [0, 0.1) is 18.7 Å². The zero-order valence-corrected chi connectivity index (χ0v) is 15.6. The van der Waals surface area contributed by atoms with Crippen molar-refractivity contribution in [3.05, 3.63) is 53.6 Å². The van der Waals surface area contributed by atoms with Gasteiger partial charge in [0.1, 0.15) is 5.82 Å². The number of hydrazine groups is 1. The summed E-state index contributed by atoms with van der Waals surface area (Å²) in [5.41, 5.74) is 5.47. The molecule has 7 nitrogen and oxygen atoms in total. The summed E-state index contributed by atoms with van der Waals surface area (Å²) < 4.78 is 14.2. The highest BCUT2D eigenvalue weighted by molar-refractivity contribution is 5.78. The predicted molar refractivity (Wildman–Crippen MR) is 103 cm³/mol. The van der Waals surface area contributed by atoms with Gasteiger partial charge in [0.15, 0.2) is 0 Å². The number of aryl methyl sites for hydroxylation is 1. The summed E-state index contributed by atoms with van der Waals surface area (Å²) in [5.74, 6) is -1.51. The van der Waals surface area contributed by atoms with Gasteiger partial charge >= 0.3 is 5.97 Å². The molecule has 0 radical (unpaired) electrons. The van der Waals surface area contributed by atoms with Crippen molar-refractivity contribution in [2.75, 3.05) is 23.5 Å². The number of pyridine rings is 1. The number of amides is 1. The molecule has 2 aromatic rings. The van der Waals surface area contributed by atoms with E-state index in [1.165, 1.54) is 17.1 Å². The van der Waals surface area contributed by atoms with E-state index in [1.807, 2.05) is 13.0 Å². The number of nitrogens with one attached hydrogen (secondary N) is 1. The molecule has 2 heterocycles. The summed E-state index contributed by atoms with van der Waals surface area (Å²) in [7, 11) is 0. The maximum absolute atomic E-state index is 14.2. The summed E-state index contributed by atoms with van der Waals surface area (Å²) in [6.45, 7) is 3.65. The van der Waals surface area contributed by atoms with Crippen molar-refractivity contribution < 1.29 is 19.1 Å². The van der Waals surface area contributed by atoms with Crippen LogP contribution in [0.2, 0.25) is 0 Å². The molecule has 28 heavy (non-hydrogen) atoms. The quantitative estimate of drug-likeness (QED) is 0.562. The second-order valence-corrected chi connectivity index (χ2v) is 6.98. The molecular weight excluding hydrogens is 363 g/mol. The van der Waals surface area contributed by atoms with Crippen molar-refractivity contribution in [2.45, 2.75) is 26.3 Å². The number of anilines is 2. The third-order valence-electron chi connectivity index (χ3n) is 4.83. The first-order chi connectivity index (χ1) is 13.4. The van der Waals surface area contributed by atoms with E-state index in [0.717, 1.165) is 11.3 Å². The van der Waals surface area contributed by atoms with Crippen LogP contribution in [0.4, 0.5) is 15.8 Å². The molecule has 148 valence electrons. The maximum Gasteiger partial charge on any atom is 0.306 e. The third kappa shape index (κ3) is 5.04. The molecule has 1 aromatic carbocycles. The topological polar surface area (TPSA) is 85.8 Å². The summed E-state index contributed by atoms with van der Waals surface area (Å²) in [6.07, 6.45) is 3.34. The van der Waals surface area contributed by atoms with Crippen LogP contribution in [0.1, 0.15) is 24.1 Å². The van der Waals surface area contributed by atoms with Crippen LogP contribution in [-0.4, -0.2) is 40.5 Å². The molecule has 0 unspecified atom stereocenters. The number of piperidine rings is 1. The third-order valence-corrected chi connectivity index (χ3v) is 4.83. The summed E-state index contributed by atoms with van der Waals surface area (Å²) in [4.78, 5) is 28.9. The Bertz CT molecular complexity index is 836. The van der Waals surface area contributed by atoms with Gasteiger partial charge in [0.05, 0.1) is 23.5 Å². The van der Waals surface area contributed by atoms with Crippen LogP contribution >= 0.6 is 0 Å². The minimum Gasteiger partial charge on any atom is -0.481 e. The van der Waals surface area contributed by atoms with Gasteiger partial charge in [0, 0.05) is 12.2 Å². The molecule has 1 aliphatic rings. The normalized spacial score (nSPS) is 15.2. The molecule has 1 saturated heterocycles. The Morgan fingerprint density at radius 2 is 2.11 bits per heavy atom. The monoisotopic (exact) mass is 386 g/mol. The van der Waals surface area contributed by atoms with Gasteiger partial charge in [0.2, 0.25) is 6.41 Å². The lowest BCUT2D eigenvalue weighted by Gasteiger charge is -2.30. The number of rotatable bonds is 7. The van der Waals surface area contributed by atoms with E-state index in [9.17, 15) is 14.0 Å². The Morgan fingerprint density at radius 3 is 2.71 bits per heavy atom. The molecule has 0 aliphatic carbocycles. The largest absolute Gasteiger partial charge is 0.481 e. The molecular formula is C20H23FN4O3. The van der Waals surface area contributed by atoms with Gasteiger partial charge in [-0.25, -0.2) is 9.40 Å². The Labute approximate surface area is 162 Å². The smallest absolute Gasteiger partial charge is 0.306 e. The highest BCUT2D eigenvalue weighted by atomic mass is 19.1. The molecule has 0 spiro atoms. The van der Waals surface area contributed by atoms with Crippen LogP contribution in [0.25, 0.3) is 0 Å². The molecule has 0 saturated carbocycles. The Hall–Kier alpha value is -3.00. The van der Waals surface area contributed by atoms with Crippen molar-refractivity contribution in [3.63, 3.8) is 0 Å². The first-order valence-electron chi connectivity index (χ1n) is 9.13. The number of aromatic nitrogens is 1. The van der Waals surface area contributed by atoms with Crippen molar-refractivity contribution in [2.24, 2.45) is 5.92 Å². The SMILES string of the molecule is Cc1ccc(NN(C=O)c2cc(F)cc(CN3CCC(C(=O)O)CC3)c2)cn1. The fourth-order valence-corrected chi connectivity index (χ4v) is 3.28. The van der Waals surface area contributed by atoms with Crippen LogP contribution in [-0.2, 0) is 16.1 Å². The Kier molecular flexibility index (Phi) is 6.20. The molecule has 2 N–H and O–H groups in total. The van der Waals surface area contributed by atoms with Crippen molar-refractivity contribution in [1.82, 2.24) is 9.88 Å². The lowest BCUT2D eigenvalue weighted by atomic mass is 9.97. The fourth-order valence-electron chi connectivity index (χ4n) is 3.28. The van der Waals surface area contributed by atoms with E-state index in [-0.39, 0.29) is 5.92 Å². The zero-order chi connectivity index (χ0) is 20.1. The number of carboxylic acids is 1. The van der Waals surface area contributed by atoms with Crippen LogP contribution in [0.3, 0.4) is 0 Å². The highest BCUT2D eigenvalue weighted by Gasteiger charge is 2.24. The minimum absolute atomic E-state index is 0.308. The molecule has 0 atom stereocenters. The number of likely N-dealkylation sites (tertiary alicyclic amines) is 1. The van der Waals surface area contributed by atoms with E-state index in [1.54, 1.807) is 18.3 Å². The molecule has 8 heteroatoms. The van der Waals surface area contributed by atoms with Gasteiger partial charge in [-0.05, 0) is 68.8 Å². The first kappa shape index (κ1) is 19.8. The average molecular weight is 386 g/mol. The number of hydrogen-bond acceptors (Lipinski definition) is 5. The number of halogens is 1. The van der Waals surface area contributed by atoms with Gasteiger partial charge < -0.3 is 5.11 Å². The predicted octanol–water partition coefficient (Wildman–Crippen LogP) is 2.82. The van der Waals surface area contributed by atoms with Crippen LogP contribution in [0.5, 0.6) is 0 Å². The van der Waals surface area contributed by atoms with Crippen molar-refractivity contribution in [3.8, 4) is 0 Å². The number of nitrogens with zero attached hydrogens (tertiary/aromatic N) is 3. The highest BCUT2D eigenvalue weighted by Crippen LogP contribution is 2.23. The molecule has 1 aromatic heterocycles. The molecule has 1 aliphatic heterocycles. The van der Waals surface area contributed by atoms with Gasteiger partial charge in [-0.2, -0.15) is 0 Å². The zero-order valence-electron chi connectivity index (χ0n) is 15.6. The van der Waals surface area contributed by atoms with E-state index < -0.39 is 11.8 Å². The van der Waals surface area contributed by atoms with Crippen molar-refractivity contribution in [1.29, 1.82) is 0 Å². The van der Waals surface area contributed by atoms with E-state index in [2.05, 4.69) is 15.3 Å². The fraction of sp³-hybridized carbons (Fsp3) is 0.350. The van der Waals surface area contributed by atoms with Gasteiger partial charge in [-0.1, -0.05) is 0 Å².